The second-order valence-electron chi connectivity index (χ2n) is 1.80. The summed E-state index contributed by atoms with van der Waals surface area (Å²) in [6, 6.07) is 0. The van der Waals surface area contributed by atoms with Gasteiger partial charge in [0.25, 0.3) is 5.85 Å². The molecule has 0 atom stereocenters. The average Bonchev–Trinajstić information content (AvgIpc) is 1.55. The summed E-state index contributed by atoms with van der Waals surface area (Å²) < 4.78 is 14.0. The van der Waals surface area contributed by atoms with Gasteiger partial charge in [-0.1, -0.05) is 23.2 Å². The third-order valence-electron chi connectivity index (χ3n) is 0.724. The predicted molar refractivity (Wildman–Crippen MR) is 50.2 cm³/mol. The van der Waals surface area contributed by atoms with Crippen molar-refractivity contribution >= 4 is 51.5 Å². The largest absolute Gasteiger partial charge is 0.346 e. The van der Waals surface area contributed by atoms with E-state index in [2.05, 4.69) is 0 Å². The topological polar surface area (TPSA) is 26.3 Å². The number of rotatable bonds is 4. The molecule has 0 aliphatic heterocycles. The Balaban J connectivity index is 4.02. The molecule has 0 rings (SSSR count). The molecule has 0 saturated heterocycles. The zero-order valence-corrected chi connectivity index (χ0v) is 9.61. The summed E-state index contributed by atoms with van der Waals surface area (Å²) in [6.07, 6.45) is -0.278. The van der Waals surface area contributed by atoms with Gasteiger partial charge in [0.05, 0.1) is 6.16 Å². The molecule has 0 aromatic rings. The molecule has 0 heterocycles. The van der Waals surface area contributed by atoms with E-state index in [1.54, 1.807) is 6.92 Å². The summed E-state index contributed by atoms with van der Waals surface area (Å²) in [5, 5.41) is 0. The van der Waals surface area contributed by atoms with Crippen LogP contribution in [0.15, 0.2) is 0 Å². The number of alkyl halides is 2. The Kier molecular flexibility index (Phi) is 5.11. The lowest BCUT2D eigenvalue weighted by Gasteiger charge is -2.18. The predicted octanol–water partition coefficient (Wildman–Crippen LogP) is 3.83. The molecule has 0 aliphatic carbocycles. The Morgan fingerprint density at radius 1 is 1.45 bits per heavy atom. The first-order valence-corrected chi connectivity index (χ1v) is 7.23. The summed E-state index contributed by atoms with van der Waals surface area (Å²) in [5.41, 5.74) is 0. The second-order valence-corrected chi connectivity index (χ2v) is 8.47. The Labute approximate surface area is 85.0 Å². The minimum absolute atomic E-state index is 0.278. The summed E-state index contributed by atoms with van der Waals surface area (Å²) in [4.78, 5) is 0. The fourth-order valence-corrected chi connectivity index (χ4v) is 3.96. The smallest absolute Gasteiger partial charge is 0.258 e. The SMILES string of the molecule is CCOC(Cl)(Cl)CP(=O)(Cl)Cl. The fraction of sp³-hybridized carbons (Fsp3) is 1.00. The van der Waals surface area contributed by atoms with Crippen LogP contribution in [0.3, 0.4) is 0 Å². The van der Waals surface area contributed by atoms with Crippen molar-refractivity contribution in [2.45, 2.75) is 11.4 Å². The molecule has 0 fully saturated rings. The molecule has 0 saturated carbocycles. The Bertz CT molecular complexity index is 165. The minimum atomic E-state index is -3.26. The fourth-order valence-electron chi connectivity index (χ4n) is 0.471. The molecule has 0 amide bonds. The van der Waals surface area contributed by atoms with Gasteiger partial charge in [0, 0.05) is 6.61 Å². The molecule has 0 bridgehead atoms. The van der Waals surface area contributed by atoms with E-state index >= 15 is 0 Å². The third-order valence-corrected chi connectivity index (χ3v) is 3.11. The molecule has 0 N–H and O–H groups in total. The second kappa shape index (κ2) is 4.55. The molecule has 0 aliphatic rings. The average molecular weight is 260 g/mol. The highest BCUT2D eigenvalue weighted by atomic mass is 35.9. The molecular weight excluding hydrogens is 253 g/mol. The summed E-state index contributed by atoms with van der Waals surface area (Å²) in [6.45, 7) is 2.01. The highest BCUT2D eigenvalue weighted by Crippen LogP contribution is 2.60. The molecular formula is C4H7Cl4O2P. The molecule has 0 radical (unpaired) electrons. The van der Waals surface area contributed by atoms with Crippen molar-refractivity contribution in [2.24, 2.45) is 0 Å². The highest BCUT2D eigenvalue weighted by molar-refractivity contribution is 8.08. The van der Waals surface area contributed by atoms with E-state index in [1.807, 2.05) is 0 Å². The first kappa shape index (κ1) is 12.3. The molecule has 68 valence electrons. The van der Waals surface area contributed by atoms with Crippen LogP contribution in [-0.2, 0) is 9.30 Å². The molecule has 11 heavy (non-hydrogen) atoms. The van der Waals surface area contributed by atoms with Crippen molar-refractivity contribution in [2.75, 3.05) is 12.8 Å². The quantitative estimate of drug-likeness (QED) is 0.567. The monoisotopic (exact) mass is 258 g/mol. The zero-order valence-electron chi connectivity index (χ0n) is 5.69. The van der Waals surface area contributed by atoms with Gasteiger partial charge in [-0.25, -0.2) is 0 Å². The van der Waals surface area contributed by atoms with Gasteiger partial charge in [-0.05, 0) is 29.4 Å². The maximum Gasteiger partial charge on any atom is 0.258 e. The first-order chi connectivity index (χ1) is 4.77. The van der Waals surface area contributed by atoms with Crippen LogP contribution in [-0.4, -0.2) is 17.3 Å². The van der Waals surface area contributed by atoms with Crippen molar-refractivity contribution in [1.29, 1.82) is 0 Å². The van der Waals surface area contributed by atoms with Crippen LogP contribution in [0, 0.1) is 0 Å². The number of hydrogen-bond donors (Lipinski definition) is 0. The number of ether oxygens (including phenoxy) is 1. The van der Waals surface area contributed by atoms with E-state index in [0.717, 1.165) is 0 Å². The normalized spacial score (nSPS) is 13.5. The Morgan fingerprint density at radius 3 is 2.18 bits per heavy atom. The molecule has 0 aromatic heterocycles. The van der Waals surface area contributed by atoms with Crippen LogP contribution < -0.4 is 0 Å². The van der Waals surface area contributed by atoms with Crippen molar-refractivity contribution in [3.05, 3.63) is 0 Å². The third kappa shape index (κ3) is 7.70. The lowest BCUT2D eigenvalue weighted by molar-refractivity contribution is 0.105. The van der Waals surface area contributed by atoms with Crippen molar-refractivity contribution in [1.82, 2.24) is 0 Å². The van der Waals surface area contributed by atoms with E-state index < -0.39 is 10.4 Å². The van der Waals surface area contributed by atoms with Gasteiger partial charge in [0.1, 0.15) is 0 Å². The summed E-state index contributed by atoms with van der Waals surface area (Å²) in [5.74, 6) is -3.26. The van der Waals surface area contributed by atoms with E-state index in [0.29, 0.717) is 6.61 Å². The number of hydrogen-bond acceptors (Lipinski definition) is 2. The van der Waals surface area contributed by atoms with Crippen LogP contribution in [0.2, 0.25) is 0 Å². The Morgan fingerprint density at radius 2 is 1.91 bits per heavy atom. The maximum absolute atomic E-state index is 10.8. The van der Waals surface area contributed by atoms with Crippen LogP contribution in [0.4, 0.5) is 0 Å². The molecule has 0 unspecified atom stereocenters. The van der Waals surface area contributed by atoms with Crippen molar-refractivity contribution in [3.8, 4) is 0 Å². The van der Waals surface area contributed by atoms with E-state index in [4.69, 9.17) is 50.4 Å². The van der Waals surface area contributed by atoms with Crippen LogP contribution in [0.5, 0.6) is 0 Å². The van der Waals surface area contributed by atoms with Gasteiger partial charge in [-0.2, -0.15) is 0 Å². The van der Waals surface area contributed by atoms with Crippen molar-refractivity contribution in [3.63, 3.8) is 0 Å². The van der Waals surface area contributed by atoms with Gasteiger partial charge < -0.3 is 4.74 Å². The standard InChI is InChI=1S/C4H7Cl4O2P/c1-2-10-4(5,6)3-11(7,8)9/h2-3H2,1H3. The molecule has 7 heteroatoms. The van der Waals surface area contributed by atoms with E-state index in [1.165, 1.54) is 0 Å². The van der Waals surface area contributed by atoms with Crippen LogP contribution in [0.25, 0.3) is 0 Å². The minimum Gasteiger partial charge on any atom is -0.346 e. The Hall–Kier alpha value is 1.35. The lowest BCUT2D eigenvalue weighted by Crippen LogP contribution is -2.21. The van der Waals surface area contributed by atoms with Gasteiger partial charge >= 0.3 is 0 Å². The molecule has 0 spiro atoms. The molecule has 2 nitrogen and oxygen atoms in total. The van der Waals surface area contributed by atoms with E-state index in [9.17, 15) is 4.57 Å². The van der Waals surface area contributed by atoms with Gasteiger partial charge in [0.2, 0.25) is 4.52 Å². The first-order valence-electron chi connectivity index (χ1n) is 2.77. The lowest BCUT2D eigenvalue weighted by atomic mass is 10.8. The van der Waals surface area contributed by atoms with Gasteiger partial charge in [-0.15, -0.1) is 0 Å². The van der Waals surface area contributed by atoms with Gasteiger partial charge in [-0.3, -0.25) is 4.57 Å². The zero-order chi connectivity index (χ0) is 9.12. The van der Waals surface area contributed by atoms with Gasteiger partial charge in [0.15, 0.2) is 0 Å². The summed E-state index contributed by atoms with van der Waals surface area (Å²) in [7, 11) is 0. The highest BCUT2D eigenvalue weighted by Gasteiger charge is 2.33. The molecule has 0 aromatic carbocycles. The summed E-state index contributed by atoms with van der Waals surface area (Å²) >= 11 is 21.5. The van der Waals surface area contributed by atoms with Crippen LogP contribution in [0.1, 0.15) is 6.92 Å². The van der Waals surface area contributed by atoms with E-state index in [-0.39, 0.29) is 6.16 Å². The van der Waals surface area contributed by atoms with Crippen molar-refractivity contribution < 1.29 is 9.30 Å². The number of halogens is 4. The van der Waals surface area contributed by atoms with Crippen LogP contribution >= 0.6 is 51.5 Å². The maximum atomic E-state index is 10.8.